The lowest BCUT2D eigenvalue weighted by molar-refractivity contribution is -0.438. The normalized spacial score (nSPS) is 17.2. The number of hydrogen-bond acceptors (Lipinski definition) is 18. The fraction of sp³-hybridized carbons (Fsp3) is 0.562. The third-order valence-corrected chi connectivity index (χ3v) is 21.0. The molecule has 0 saturated carbocycles. The summed E-state index contributed by atoms with van der Waals surface area (Å²) in [7, 11) is -4.28. The van der Waals surface area contributed by atoms with Crippen LogP contribution in [0.5, 0.6) is 5.75 Å². The number of aromatic hydroxyl groups is 1. The molecule has 8 amide bonds. The van der Waals surface area contributed by atoms with Crippen LogP contribution in [0.25, 0.3) is 0 Å². The Labute approximate surface area is 658 Å². The second-order valence-corrected chi connectivity index (χ2v) is 31.6. The minimum absolute atomic E-state index is 0.0351. The number of phenolic OH excluding ortho intramolecular Hbond substituents is 1. The quantitative estimate of drug-likeness (QED) is 0.00908. The first kappa shape index (κ1) is 91.1. The van der Waals surface area contributed by atoms with Gasteiger partial charge in [-0.25, -0.2) is 18.0 Å². The third kappa shape index (κ3) is 28.8. The number of hydrogen-bond donors (Lipinski definition) is 13. The van der Waals surface area contributed by atoms with Crippen LogP contribution in [-0.4, -0.2) is 212 Å². The molecule has 0 spiro atoms. The van der Waals surface area contributed by atoms with Gasteiger partial charge in [-0.15, -0.1) is 0 Å². The Morgan fingerprint density at radius 1 is 0.723 bits per heavy atom. The fourth-order valence-corrected chi connectivity index (χ4v) is 14.5. The highest BCUT2D eigenvalue weighted by atomic mass is 32.2. The number of carbonyl (C=O) groups excluding carboxylic acids is 7. The van der Waals surface area contributed by atoms with Crippen LogP contribution in [-0.2, 0) is 70.4 Å². The monoisotopic (exact) mass is 1580 g/mol. The van der Waals surface area contributed by atoms with E-state index in [1.165, 1.54) is 39.6 Å². The molecule has 17 N–H and O–H groups in total. The zero-order valence-electron chi connectivity index (χ0n) is 66.2. The first-order valence-electron chi connectivity index (χ1n) is 38.9. The minimum atomic E-state index is -4.28. The van der Waals surface area contributed by atoms with E-state index in [2.05, 4.69) is 139 Å². The maximum absolute atomic E-state index is 14.5. The van der Waals surface area contributed by atoms with Crippen molar-refractivity contribution in [2.45, 2.75) is 199 Å². The largest absolute Gasteiger partial charge is 0.748 e. The molecular formula is C80H120N16O15S. The van der Waals surface area contributed by atoms with E-state index in [0.29, 0.717) is 57.4 Å². The molecule has 0 radical (unpaired) electrons. The number of fused-ring (bicyclic) bond motifs is 2. The van der Waals surface area contributed by atoms with Gasteiger partial charge in [0.2, 0.25) is 41.1 Å². The highest BCUT2D eigenvalue weighted by Gasteiger charge is 2.45. The molecule has 0 unspecified atom stereocenters. The molecule has 7 atom stereocenters. The van der Waals surface area contributed by atoms with Crippen LogP contribution >= 0.6 is 0 Å². The van der Waals surface area contributed by atoms with Crippen molar-refractivity contribution in [1.29, 1.82) is 0 Å². The van der Waals surface area contributed by atoms with Crippen molar-refractivity contribution in [2.24, 2.45) is 44.8 Å². The Bertz CT molecular complexity index is 3970. The molecule has 112 heavy (non-hydrogen) atoms. The van der Waals surface area contributed by atoms with Crippen LogP contribution in [0.1, 0.15) is 162 Å². The fourth-order valence-electron chi connectivity index (χ4n) is 14.0. The summed E-state index contributed by atoms with van der Waals surface area (Å²) in [5.74, 6) is -5.98. The third-order valence-electron chi connectivity index (χ3n) is 20.2. The van der Waals surface area contributed by atoms with Crippen molar-refractivity contribution in [2.75, 3.05) is 82.9 Å². The Morgan fingerprint density at radius 2 is 1.38 bits per heavy atom. The average Bonchev–Trinajstić information content (AvgIpc) is 1.60. The van der Waals surface area contributed by atoms with Gasteiger partial charge in [0, 0.05) is 98.8 Å². The van der Waals surface area contributed by atoms with E-state index in [1.54, 1.807) is 19.1 Å². The van der Waals surface area contributed by atoms with Gasteiger partial charge in [-0.05, 0) is 132 Å². The molecule has 6 rings (SSSR count). The van der Waals surface area contributed by atoms with Crippen LogP contribution in [0.2, 0.25) is 0 Å². The Hall–Kier alpha value is -9.76. The molecule has 3 aromatic rings. The summed E-state index contributed by atoms with van der Waals surface area (Å²) < 4.78 is 47.5. The number of aliphatic imine (C=N–C) groups is 2. The second kappa shape index (κ2) is 45.1. The first-order chi connectivity index (χ1) is 53.2. The van der Waals surface area contributed by atoms with Crippen molar-refractivity contribution in [3.8, 4) is 5.75 Å². The van der Waals surface area contributed by atoms with Crippen molar-refractivity contribution >= 4 is 86.6 Å². The van der Waals surface area contributed by atoms with E-state index in [4.69, 9.17) is 32.4 Å². The number of allylic oxidation sites excluding steroid dienone is 6. The van der Waals surface area contributed by atoms with Gasteiger partial charge in [0.05, 0.1) is 48.0 Å². The molecule has 3 heterocycles. The highest BCUT2D eigenvalue weighted by molar-refractivity contribution is 7.85. The predicted octanol–water partition coefficient (Wildman–Crippen LogP) is 4.72. The number of urea groups is 1. The van der Waals surface area contributed by atoms with Crippen molar-refractivity contribution < 1.29 is 75.6 Å². The van der Waals surface area contributed by atoms with E-state index < -0.39 is 93.8 Å². The van der Waals surface area contributed by atoms with Crippen LogP contribution in [0, 0.1) is 11.8 Å². The number of guanidine groups is 2. The summed E-state index contributed by atoms with van der Waals surface area (Å²) >= 11 is 0. The Balaban J connectivity index is 0.872. The highest BCUT2D eigenvalue weighted by Crippen LogP contribution is 2.48. The Kier molecular flexibility index (Phi) is 36.7. The standard InChI is InChI=1S/C80H120N16O15S/c1-9-54(4)69(73(102)91-62(75(104)105)51-53(2)3)92-71(100)61(52-55-35-37-56(97)38-36-55)90-72(101)65-31-24-45-96(65)74(103)60(28-23-39-86-76(82)83)89-70(99)59(81)27-22-40-87-77(84)93-78(106)88-42-47-111-49-48-110-46-41-85-68(98)34-14-11-19-43-94-63-29-17-15-25-57(63)79(5,6)66(94)32-12-10-13-33-67-80(7,8)58-26-16-18-30-64(58)95(67)44-20-21-50-112(107,108)109/h10,12-13,15-18,25-26,29-30,32-33,35-38,53-54,59-62,65,69H,9,11,14,19-24,27-28,31,34,39-52,81H2,1-8H3,(H15-,82,83,84,85,86,87,88,89,90,91,92,93,97,98,99,100,101,102,104,105,106,107,108,109)/t54-,59-,60-,61-,62-,65-,69-/m0/s1. The average molecular weight is 1580 g/mol. The summed E-state index contributed by atoms with van der Waals surface area (Å²) in [5.41, 5.74) is 30.4. The number of ether oxygens (including phenoxy) is 2. The summed E-state index contributed by atoms with van der Waals surface area (Å²) in [6, 6.07) is 14.9. The second-order valence-electron chi connectivity index (χ2n) is 30.1. The molecular weight excluding hydrogens is 1460 g/mol. The summed E-state index contributed by atoms with van der Waals surface area (Å²) in [6.07, 6.45) is 15.9. The molecule has 0 aromatic heterocycles. The predicted molar refractivity (Wildman–Crippen MR) is 430 cm³/mol. The van der Waals surface area contributed by atoms with Gasteiger partial charge in [0.25, 0.3) is 0 Å². The Morgan fingerprint density at radius 3 is 2.06 bits per heavy atom. The van der Waals surface area contributed by atoms with Gasteiger partial charge in [-0.2, -0.15) is 4.58 Å². The number of unbranched alkanes of at least 4 members (excludes halogenated alkanes) is 3. The van der Waals surface area contributed by atoms with Crippen LogP contribution in [0.3, 0.4) is 0 Å². The number of benzene rings is 3. The number of aliphatic carboxylic acids is 1. The number of likely N-dealkylation sites (tertiary alicyclic amines) is 1. The zero-order chi connectivity index (χ0) is 82.1. The van der Waals surface area contributed by atoms with Gasteiger partial charge >= 0.3 is 12.0 Å². The van der Waals surface area contributed by atoms with Crippen LogP contribution in [0.15, 0.2) is 119 Å². The maximum atomic E-state index is 14.5. The number of carboxylic acids is 1. The smallest absolute Gasteiger partial charge is 0.326 e. The molecule has 3 aromatic carbocycles. The molecule has 616 valence electrons. The van der Waals surface area contributed by atoms with Crippen molar-refractivity contribution in [3.05, 3.63) is 126 Å². The van der Waals surface area contributed by atoms with E-state index in [9.17, 15) is 61.5 Å². The summed E-state index contributed by atoms with van der Waals surface area (Å²) in [6.45, 7) is 19.2. The van der Waals surface area contributed by atoms with E-state index in [1.807, 2.05) is 45.1 Å². The number of anilines is 1. The molecule has 32 heteroatoms. The van der Waals surface area contributed by atoms with Gasteiger partial charge in [0.15, 0.2) is 17.6 Å². The van der Waals surface area contributed by atoms with Crippen molar-refractivity contribution in [3.63, 3.8) is 0 Å². The van der Waals surface area contributed by atoms with E-state index in [0.717, 1.165) is 37.2 Å². The molecule has 31 nitrogen and oxygen atoms in total. The number of carboxylic acid groups (broad SMARTS) is 1. The van der Waals surface area contributed by atoms with E-state index in [-0.39, 0.29) is 137 Å². The first-order valence-corrected chi connectivity index (χ1v) is 40.5. The number of nitrogens with one attached hydrogen (secondary N) is 7. The minimum Gasteiger partial charge on any atom is -0.748 e. The number of phenols is 1. The molecule has 3 aliphatic rings. The van der Waals surface area contributed by atoms with Gasteiger partial charge in [-0.1, -0.05) is 115 Å². The lowest BCUT2D eigenvalue weighted by Crippen LogP contribution is -2.60. The summed E-state index contributed by atoms with van der Waals surface area (Å²) in [4.78, 5) is 120. The molecule has 1 saturated heterocycles. The lowest BCUT2D eigenvalue weighted by atomic mass is 9.81. The maximum Gasteiger partial charge on any atom is 0.326 e. The number of rotatable bonds is 47. The topological polar surface area (TPSA) is 475 Å². The van der Waals surface area contributed by atoms with E-state index >= 15 is 0 Å². The van der Waals surface area contributed by atoms with Gasteiger partial charge in [0.1, 0.15) is 42.5 Å². The number of amides is 8. The molecule has 0 aliphatic carbocycles. The SMILES string of the molecule is CC[C@H](C)[C@H](NC(=O)[C@H](Cc1ccc(O)cc1)NC(=O)[C@@H]1CCCN1C(=O)[C@H](CCCN=C(N)N)NC(=O)[C@@H](N)CCCN=C(N)NC(=O)NCCOCCOCCNC(=O)CCCCC[N+]1=C(/C=C/C=C/C=C2\N(CCCCS(=O)(=O)[O-])c3ccccc3C2(C)C)C(C)(C)c2ccccc21)C(=O)N[C@@H](CC(C)C)C(=O)O. The van der Waals surface area contributed by atoms with Gasteiger partial charge < -0.3 is 88.9 Å². The summed E-state index contributed by atoms with van der Waals surface area (Å²) in [5, 5.41) is 38.7. The molecule has 0 bridgehead atoms. The number of carbonyl (C=O) groups is 8. The number of para-hydroxylation sites is 2. The van der Waals surface area contributed by atoms with Crippen molar-refractivity contribution in [1.82, 2.24) is 42.1 Å². The molecule has 3 aliphatic heterocycles. The van der Waals surface area contributed by atoms with Crippen LogP contribution in [0.4, 0.5) is 16.2 Å². The van der Waals surface area contributed by atoms with Crippen LogP contribution < -0.4 is 65.1 Å². The number of nitrogens with two attached hydrogens (primary N) is 4. The van der Waals surface area contributed by atoms with Gasteiger partial charge in [-0.3, -0.25) is 44.1 Å². The lowest BCUT2D eigenvalue weighted by Gasteiger charge is -2.31. The zero-order valence-corrected chi connectivity index (χ0v) is 67.0. The number of nitrogens with zero attached hydrogens (tertiary/aromatic N) is 5. The molecule has 1 fully saturated rings.